The van der Waals surface area contributed by atoms with Gasteiger partial charge in [-0.25, -0.2) is 0 Å². The smallest absolute Gasteiger partial charge is 0.270 e. The topological polar surface area (TPSA) is 112 Å². The Morgan fingerprint density at radius 2 is 2.00 bits per heavy atom. The molecule has 1 aromatic carbocycles. The van der Waals surface area contributed by atoms with Crippen molar-refractivity contribution in [1.29, 1.82) is 0 Å². The molecule has 0 aromatic heterocycles. The molecule has 40 heavy (non-hydrogen) atoms. The van der Waals surface area contributed by atoms with Gasteiger partial charge in [0.15, 0.2) is 5.17 Å². The van der Waals surface area contributed by atoms with Crippen LogP contribution < -0.4 is 15.4 Å². The van der Waals surface area contributed by atoms with Crippen molar-refractivity contribution in [2.75, 3.05) is 26.2 Å². The highest BCUT2D eigenvalue weighted by Gasteiger charge is 2.46. The van der Waals surface area contributed by atoms with Gasteiger partial charge >= 0.3 is 0 Å². The Morgan fingerprint density at radius 1 is 1.18 bits per heavy atom. The SMILES string of the molecule is CC1(CC2CCN(C(=O)c3cccc(OCCNC(=O)C4=NC=C4)c3)CC2)SC(N[C@H]2C[C@@H]3CC[C@H]2C3)=NC1=O. The lowest BCUT2D eigenvalue weighted by atomic mass is 9.87. The van der Waals surface area contributed by atoms with Crippen molar-refractivity contribution in [2.45, 2.75) is 62.7 Å². The number of carbonyl (C=O) groups excluding carboxylic acids is 3. The van der Waals surface area contributed by atoms with Crippen LogP contribution in [0.5, 0.6) is 5.75 Å². The number of hydrogen-bond acceptors (Lipinski definition) is 7. The number of amides is 3. The average Bonchev–Trinajstić information content (AvgIpc) is 3.60. The zero-order valence-corrected chi connectivity index (χ0v) is 23.8. The number of piperidine rings is 1. The summed E-state index contributed by atoms with van der Waals surface area (Å²) in [7, 11) is 0. The van der Waals surface area contributed by atoms with E-state index in [1.807, 2.05) is 24.0 Å². The molecule has 0 spiro atoms. The highest BCUT2D eigenvalue weighted by Crippen LogP contribution is 2.46. The average molecular weight is 564 g/mol. The first kappa shape index (κ1) is 27.1. The molecule has 10 heteroatoms. The second-order valence-corrected chi connectivity index (χ2v) is 13.4. The maximum atomic E-state index is 13.2. The molecule has 9 nitrogen and oxygen atoms in total. The van der Waals surface area contributed by atoms with Crippen LogP contribution in [-0.2, 0) is 9.59 Å². The van der Waals surface area contributed by atoms with Crippen LogP contribution in [0.4, 0.5) is 0 Å². The van der Waals surface area contributed by atoms with Gasteiger partial charge in [-0.15, -0.1) is 0 Å². The van der Waals surface area contributed by atoms with Gasteiger partial charge in [0, 0.05) is 30.9 Å². The van der Waals surface area contributed by atoms with E-state index < -0.39 is 4.75 Å². The lowest BCUT2D eigenvalue weighted by Gasteiger charge is -2.35. The predicted molar refractivity (Wildman–Crippen MR) is 156 cm³/mol. The maximum Gasteiger partial charge on any atom is 0.270 e. The number of amidine groups is 1. The van der Waals surface area contributed by atoms with Crippen LogP contribution in [0.2, 0.25) is 0 Å². The van der Waals surface area contributed by atoms with Gasteiger partial charge in [0.05, 0.1) is 6.54 Å². The molecule has 3 heterocycles. The van der Waals surface area contributed by atoms with Crippen LogP contribution in [0.1, 0.15) is 62.2 Å². The van der Waals surface area contributed by atoms with E-state index in [2.05, 4.69) is 20.6 Å². The monoisotopic (exact) mass is 563 g/mol. The van der Waals surface area contributed by atoms with Gasteiger partial charge in [-0.2, -0.15) is 4.99 Å². The van der Waals surface area contributed by atoms with Crippen LogP contribution in [0.3, 0.4) is 0 Å². The number of likely N-dealkylation sites (tertiary alicyclic amines) is 1. The summed E-state index contributed by atoms with van der Waals surface area (Å²) in [5.41, 5.74) is 1.01. The second-order valence-electron chi connectivity index (χ2n) is 11.9. The minimum absolute atomic E-state index is 0.00908. The third-order valence-corrected chi connectivity index (χ3v) is 10.2. The van der Waals surface area contributed by atoms with E-state index in [1.165, 1.54) is 25.7 Å². The van der Waals surface area contributed by atoms with Crippen molar-refractivity contribution >= 4 is 40.4 Å². The van der Waals surface area contributed by atoms with Crippen molar-refractivity contribution in [3.8, 4) is 5.75 Å². The molecule has 5 aliphatic rings. The summed E-state index contributed by atoms with van der Waals surface area (Å²) in [6.07, 6.45) is 11.0. The molecule has 1 saturated heterocycles. The Kier molecular flexibility index (Phi) is 7.70. The van der Waals surface area contributed by atoms with Gasteiger partial charge in [-0.1, -0.05) is 24.2 Å². The van der Waals surface area contributed by atoms with E-state index in [0.717, 1.165) is 36.3 Å². The fraction of sp³-hybridized carbons (Fsp3) is 0.567. The summed E-state index contributed by atoms with van der Waals surface area (Å²) in [4.78, 5) is 48.1. The number of ether oxygens (including phenoxy) is 1. The van der Waals surface area contributed by atoms with Crippen molar-refractivity contribution < 1.29 is 19.1 Å². The first-order valence-corrected chi connectivity index (χ1v) is 15.3. The Balaban J connectivity index is 0.944. The summed E-state index contributed by atoms with van der Waals surface area (Å²) in [6.45, 7) is 4.02. The summed E-state index contributed by atoms with van der Waals surface area (Å²) >= 11 is 1.61. The summed E-state index contributed by atoms with van der Waals surface area (Å²) in [5, 5.41) is 7.17. The molecule has 1 unspecified atom stereocenters. The Morgan fingerprint density at radius 3 is 2.70 bits per heavy atom. The van der Waals surface area contributed by atoms with Gasteiger partial charge in [0.1, 0.15) is 22.8 Å². The molecule has 6 rings (SSSR count). The minimum Gasteiger partial charge on any atom is -0.492 e. The standard InChI is InChI=1S/C30H37N5O4S/c1-30(28(38)34-29(40-30)33-25-16-20-5-6-21(25)15-20)18-19-8-12-35(13-9-19)27(37)22-3-2-4-23(17-22)39-14-11-32-26(36)24-7-10-31-24/h2-4,7,10,17,19-21,25H,5-6,8-9,11-16,18H2,1H3,(H,32,36)(H,33,34,38)/t20-,21+,25+,30?/m1/s1. The highest BCUT2D eigenvalue weighted by molar-refractivity contribution is 8.16. The van der Waals surface area contributed by atoms with Crippen molar-refractivity contribution in [3.05, 3.63) is 42.1 Å². The van der Waals surface area contributed by atoms with Crippen LogP contribution >= 0.6 is 11.8 Å². The lowest BCUT2D eigenvalue weighted by molar-refractivity contribution is -0.120. The molecule has 212 valence electrons. The number of hydrogen-bond donors (Lipinski definition) is 2. The van der Waals surface area contributed by atoms with Crippen LogP contribution in [0.15, 0.2) is 46.5 Å². The van der Waals surface area contributed by atoms with E-state index in [1.54, 1.807) is 36.2 Å². The van der Waals surface area contributed by atoms with E-state index in [4.69, 9.17) is 4.74 Å². The van der Waals surface area contributed by atoms with E-state index in [-0.39, 0.29) is 17.7 Å². The fourth-order valence-electron chi connectivity index (χ4n) is 6.76. The van der Waals surface area contributed by atoms with Gasteiger partial charge < -0.3 is 20.3 Å². The first-order chi connectivity index (χ1) is 19.4. The van der Waals surface area contributed by atoms with E-state index >= 15 is 0 Å². The zero-order chi connectivity index (χ0) is 27.7. The second kappa shape index (κ2) is 11.4. The molecule has 3 fully saturated rings. The molecule has 2 bridgehead atoms. The van der Waals surface area contributed by atoms with Crippen molar-refractivity contribution in [2.24, 2.45) is 27.7 Å². The Labute approximate surface area is 239 Å². The van der Waals surface area contributed by atoms with Crippen LogP contribution in [0, 0.1) is 17.8 Å². The highest BCUT2D eigenvalue weighted by atomic mass is 32.2. The van der Waals surface area contributed by atoms with Crippen molar-refractivity contribution in [1.82, 2.24) is 15.5 Å². The summed E-state index contributed by atoms with van der Waals surface area (Å²) < 4.78 is 5.23. The zero-order valence-electron chi connectivity index (χ0n) is 22.9. The molecule has 3 aliphatic heterocycles. The van der Waals surface area contributed by atoms with Crippen molar-refractivity contribution in [3.63, 3.8) is 0 Å². The molecular formula is C30H37N5O4S. The Bertz CT molecular complexity index is 1270. The molecule has 2 aliphatic carbocycles. The van der Waals surface area contributed by atoms with Gasteiger partial charge in [0.25, 0.3) is 17.7 Å². The normalized spacial score (nSPS) is 29.2. The number of rotatable bonds is 9. The number of thioether (sulfide) groups is 1. The maximum absolute atomic E-state index is 13.2. The van der Waals surface area contributed by atoms with Gasteiger partial charge in [-0.05, 0) is 87.5 Å². The van der Waals surface area contributed by atoms with Gasteiger partial charge in [0.2, 0.25) is 0 Å². The molecule has 2 saturated carbocycles. The van der Waals surface area contributed by atoms with E-state index in [0.29, 0.717) is 55.2 Å². The number of carbonyl (C=O) groups is 3. The number of benzene rings is 1. The molecular weight excluding hydrogens is 526 g/mol. The van der Waals surface area contributed by atoms with Crippen LogP contribution in [0.25, 0.3) is 0 Å². The number of aliphatic imine (C=N–C) groups is 2. The predicted octanol–water partition coefficient (Wildman–Crippen LogP) is 3.56. The third kappa shape index (κ3) is 5.82. The number of nitrogens with zero attached hydrogens (tertiary/aromatic N) is 3. The minimum atomic E-state index is -0.524. The molecule has 1 aromatic rings. The van der Waals surface area contributed by atoms with E-state index in [9.17, 15) is 14.4 Å². The first-order valence-electron chi connectivity index (χ1n) is 14.5. The summed E-state index contributed by atoms with van der Waals surface area (Å²) in [5.74, 6) is 2.32. The van der Waals surface area contributed by atoms with Gasteiger partial charge in [-0.3, -0.25) is 19.4 Å². The molecule has 4 atom stereocenters. The largest absolute Gasteiger partial charge is 0.492 e. The Hall–Kier alpha value is -3.14. The lowest BCUT2D eigenvalue weighted by Crippen LogP contribution is -2.41. The summed E-state index contributed by atoms with van der Waals surface area (Å²) in [6, 6.07) is 7.66. The quantitative estimate of drug-likeness (QED) is 0.445. The molecule has 2 N–H and O–H groups in total. The fourth-order valence-corrected chi connectivity index (χ4v) is 7.98. The number of nitrogens with one attached hydrogen (secondary N) is 2. The third-order valence-electron chi connectivity index (χ3n) is 9.02. The van der Waals surface area contributed by atoms with Crippen LogP contribution in [-0.4, -0.2) is 70.5 Å². The molecule has 3 amide bonds. The number of fused-ring (bicyclic) bond motifs is 2. The molecule has 0 radical (unpaired) electrons.